The number of nitrogens with zero attached hydrogens (tertiary/aromatic N) is 3. The van der Waals surface area contributed by atoms with Gasteiger partial charge in [0.25, 0.3) is 0 Å². The molecule has 21 heavy (non-hydrogen) atoms. The smallest absolute Gasteiger partial charge is 0.133 e. The maximum Gasteiger partial charge on any atom is 0.133 e. The first-order valence-electron chi connectivity index (χ1n) is 7.77. The fraction of sp³-hybridized carbons (Fsp3) is 0.588. The zero-order valence-corrected chi connectivity index (χ0v) is 13.2. The van der Waals surface area contributed by atoms with Gasteiger partial charge in [0.15, 0.2) is 0 Å². The Balaban J connectivity index is 2.02. The molecule has 1 aromatic carbocycles. The van der Waals surface area contributed by atoms with Crippen molar-refractivity contribution in [2.45, 2.75) is 18.4 Å². The molecular formula is C17H26N4. The number of rotatable bonds is 5. The number of hydrogen-bond acceptors (Lipinski definition) is 4. The van der Waals surface area contributed by atoms with Gasteiger partial charge in [0.05, 0.1) is 6.07 Å². The number of likely N-dealkylation sites (N-methyl/N-ethyl adjacent to an activating group) is 1. The van der Waals surface area contributed by atoms with E-state index in [2.05, 4.69) is 28.2 Å². The minimum absolute atomic E-state index is 0.584. The van der Waals surface area contributed by atoms with Crippen molar-refractivity contribution in [1.82, 2.24) is 15.1 Å². The van der Waals surface area contributed by atoms with Crippen LogP contribution in [-0.2, 0) is 5.54 Å². The Morgan fingerprint density at radius 2 is 1.95 bits per heavy atom. The van der Waals surface area contributed by atoms with Gasteiger partial charge in [-0.25, -0.2) is 0 Å². The second-order valence-corrected chi connectivity index (χ2v) is 5.88. The van der Waals surface area contributed by atoms with Crippen LogP contribution in [0.2, 0.25) is 0 Å². The molecule has 0 amide bonds. The number of nitriles is 1. The third kappa shape index (κ3) is 4.04. The van der Waals surface area contributed by atoms with Crippen molar-refractivity contribution < 1.29 is 0 Å². The summed E-state index contributed by atoms with van der Waals surface area (Å²) in [6.07, 6.45) is 2.02. The Hall–Kier alpha value is -1.41. The topological polar surface area (TPSA) is 42.3 Å². The second kappa shape index (κ2) is 7.56. The summed E-state index contributed by atoms with van der Waals surface area (Å²) in [6, 6.07) is 12.6. The minimum Gasteiger partial charge on any atom is -0.305 e. The fourth-order valence-corrected chi connectivity index (χ4v) is 2.96. The van der Waals surface area contributed by atoms with E-state index in [0.717, 1.165) is 38.2 Å². The van der Waals surface area contributed by atoms with Crippen LogP contribution in [0.1, 0.15) is 18.4 Å². The predicted molar refractivity (Wildman–Crippen MR) is 86.0 cm³/mol. The van der Waals surface area contributed by atoms with Crippen molar-refractivity contribution in [3.8, 4) is 6.07 Å². The lowest BCUT2D eigenvalue weighted by atomic mass is 9.88. The van der Waals surface area contributed by atoms with E-state index in [0.29, 0.717) is 0 Å². The Morgan fingerprint density at radius 3 is 2.62 bits per heavy atom. The van der Waals surface area contributed by atoms with Gasteiger partial charge < -0.3 is 9.80 Å². The van der Waals surface area contributed by atoms with E-state index >= 15 is 0 Å². The highest BCUT2D eigenvalue weighted by Gasteiger charge is 2.30. The molecule has 0 aliphatic carbocycles. The average Bonchev–Trinajstić information content (AvgIpc) is 2.74. The molecule has 1 atom stereocenters. The van der Waals surface area contributed by atoms with E-state index in [1.807, 2.05) is 37.4 Å². The standard InChI is InChI=1S/C17H26N4/c1-19-17(15-18,16-7-4-3-5-8-16)9-12-21-11-6-10-20(2)13-14-21/h3-5,7-8,19H,6,9-14H2,1-2H3. The van der Waals surface area contributed by atoms with E-state index in [-0.39, 0.29) is 0 Å². The zero-order chi connectivity index (χ0) is 15.1. The molecule has 1 N–H and O–H groups in total. The molecule has 1 fully saturated rings. The Labute approximate surface area is 128 Å². The highest BCUT2D eigenvalue weighted by atomic mass is 15.2. The number of benzene rings is 1. The van der Waals surface area contributed by atoms with E-state index in [9.17, 15) is 5.26 Å². The minimum atomic E-state index is -0.584. The summed E-state index contributed by atoms with van der Waals surface area (Å²) in [7, 11) is 4.06. The number of hydrogen-bond donors (Lipinski definition) is 1. The van der Waals surface area contributed by atoms with Crippen molar-refractivity contribution >= 4 is 0 Å². The van der Waals surface area contributed by atoms with Crippen LogP contribution in [-0.4, -0.2) is 56.6 Å². The van der Waals surface area contributed by atoms with Gasteiger partial charge in [-0.1, -0.05) is 30.3 Å². The Bertz CT molecular complexity index is 467. The van der Waals surface area contributed by atoms with Gasteiger partial charge in [0.2, 0.25) is 0 Å². The van der Waals surface area contributed by atoms with Crippen LogP contribution in [0, 0.1) is 11.3 Å². The fourth-order valence-electron chi connectivity index (χ4n) is 2.96. The van der Waals surface area contributed by atoms with Gasteiger partial charge in [0.1, 0.15) is 5.54 Å². The first-order valence-corrected chi connectivity index (χ1v) is 7.77. The quantitative estimate of drug-likeness (QED) is 0.894. The highest BCUT2D eigenvalue weighted by molar-refractivity contribution is 5.31. The van der Waals surface area contributed by atoms with E-state index in [1.54, 1.807) is 0 Å². The molecule has 2 rings (SSSR count). The van der Waals surface area contributed by atoms with Gasteiger partial charge >= 0.3 is 0 Å². The van der Waals surface area contributed by atoms with Crippen LogP contribution in [0.4, 0.5) is 0 Å². The van der Waals surface area contributed by atoms with Gasteiger partial charge in [-0.15, -0.1) is 0 Å². The number of nitrogens with one attached hydrogen (secondary N) is 1. The van der Waals surface area contributed by atoms with Crippen LogP contribution in [0.3, 0.4) is 0 Å². The molecule has 0 saturated carbocycles. The normalized spacial score (nSPS) is 20.4. The molecule has 1 aromatic rings. The van der Waals surface area contributed by atoms with E-state index in [4.69, 9.17) is 0 Å². The van der Waals surface area contributed by atoms with Gasteiger partial charge in [-0.05, 0) is 45.6 Å². The summed E-state index contributed by atoms with van der Waals surface area (Å²) < 4.78 is 0. The molecule has 1 heterocycles. The predicted octanol–water partition coefficient (Wildman–Crippen LogP) is 1.65. The molecule has 1 aliphatic rings. The second-order valence-electron chi connectivity index (χ2n) is 5.88. The third-order valence-corrected chi connectivity index (χ3v) is 4.50. The molecule has 4 nitrogen and oxygen atoms in total. The van der Waals surface area contributed by atoms with Crippen molar-refractivity contribution in [2.75, 3.05) is 46.8 Å². The van der Waals surface area contributed by atoms with Gasteiger partial charge in [-0.3, -0.25) is 5.32 Å². The maximum absolute atomic E-state index is 9.72. The zero-order valence-electron chi connectivity index (χ0n) is 13.2. The van der Waals surface area contributed by atoms with Crippen LogP contribution in [0.25, 0.3) is 0 Å². The summed E-state index contributed by atoms with van der Waals surface area (Å²) in [6.45, 7) is 5.47. The summed E-state index contributed by atoms with van der Waals surface area (Å²) in [5.74, 6) is 0. The SMILES string of the molecule is CNC(C#N)(CCN1CCCN(C)CC1)c1ccccc1. The van der Waals surface area contributed by atoms with Crippen molar-refractivity contribution in [3.05, 3.63) is 35.9 Å². The molecule has 0 spiro atoms. The maximum atomic E-state index is 9.72. The first-order chi connectivity index (χ1) is 10.2. The molecule has 4 heteroatoms. The molecule has 114 valence electrons. The van der Waals surface area contributed by atoms with Gasteiger partial charge in [-0.2, -0.15) is 5.26 Å². The molecule has 1 saturated heterocycles. The molecule has 0 radical (unpaired) electrons. The lowest BCUT2D eigenvalue weighted by molar-refractivity contribution is 0.248. The first kappa shape index (κ1) is 16.0. The Kier molecular flexibility index (Phi) is 5.75. The lowest BCUT2D eigenvalue weighted by Crippen LogP contribution is -2.42. The van der Waals surface area contributed by atoms with Crippen molar-refractivity contribution in [3.63, 3.8) is 0 Å². The van der Waals surface area contributed by atoms with Crippen LogP contribution >= 0.6 is 0 Å². The largest absolute Gasteiger partial charge is 0.305 e. The molecule has 0 aromatic heterocycles. The highest BCUT2D eigenvalue weighted by Crippen LogP contribution is 2.24. The molecule has 1 aliphatic heterocycles. The molecule has 1 unspecified atom stereocenters. The van der Waals surface area contributed by atoms with Crippen LogP contribution in [0.15, 0.2) is 30.3 Å². The average molecular weight is 286 g/mol. The summed E-state index contributed by atoms with van der Waals surface area (Å²) in [5.41, 5.74) is 0.473. The molecule has 0 bridgehead atoms. The van der Waals surface area contributed by atoms with Crippen LogP contribution < -0.4 is 5.32 Å². The summed E-state index contributed by atoms with van der Waals surface area (Å²) >= 11 is 0. The monoisotopic (exact) mass is 286 g/mol. The summed E-state index contributed by atoms with van der Waals surface area (Å²) in [5, 5.41) is 13.0. The third-order valence-electron chi connectivity index (χ3n) is 4.50. The summed E-state index contributed by atoms with van der Waals surface area (Å²) in [4.78, 5) is 4.86. The van der Waals surface area contributed by atoms with E-state index in [1.165, 1.54) is 13.0 Å². The molecular weight excluding hydrogens is 260 g/mol. The lowest BCUT2D eigenvalue weighted by Gasteiger charge is -2.30. The van der Waals surface area contributed by atoms with E-state index < -0.39 is 5.54 Å². The van der Waals surface area contributed by atoms with Crippen molar-refractivity contribution in [1.29, 1.82) is 5.26 Å². The van der Waals surface area contributed by atoms with Crippen LogP contribution in [0.5, 0.6) is 0 Å². The van der Waals surface area contributed by atoms with Crippen molar-refractivity contribution in [2.24, 2.45) is 0 Å². The van der Waals surface area contributed by atoms with Gasteiger partial charge in [0, 0.05) is 19.6 Å². The Morgan fingerprint density at radius 1 is 1.19 bits per heavy atom.